The highest BCUT2D eigenvalue weighted by atomic mass is 16.5. The Hall–Kier alpha value is -2.30. The van der Waals surface area contributed by atoms with Crippen molar-refractivity contribution in [1.82, 2.24) is 10.1 Å². The quantitative estimate of drug-likeness (QED) is 0.837. The van der Waals surface area contributed by atoms with Gasteiger partial charge in [0.1, 0.15) is 0 Å². The van der Waals surface area contributed by atoms with E-state index in [1.54, 1.807) is 20.3 Å². The van der Waals surface area contributed by atoms with Gasteiger partial charge in [0, 0.05) is 12.0 Å². The first-order valence-corrected chi connectivity index (χ1v) is 6.54. The molecule has 1 aromatic heterocycles. The van der Waals surface area contributed by atoms with Gasteiger partial charge in [-0.2, -0.15) is 4.98 Å². The van der Waals surface area contributed by atoms with Crippen LogP contribution in [0.3, 0.4) is 0 Å². The molecule has 5 heteroatoms. The molecule has 20 heavy (non-hydrogen) atoms. The third kappa shape index (κ3) is 2.66. The summed E-state index contributed by atoms with van der Waals surface area (Å²) in [4.78, 5) is 4.34. The van der Waals surface area contributed by atoms with Crippen molar-refractivity contribution in [3.8, 4) is 11.5 Å². The van der Waals surface area contributed by atoms with E-state index in [2.05, 4.69) is 10.1 Å². The molecule has 0 saturated heterocycles. The Morgan fingerprint density at radius 3 is 2.65 bits per heavy atom. The summed E-state index contributed by atoms with van der Waals surface area (Å²) in [6.45, 7) is 0. The van der Waals surface area contributed by atoms with Gasteiger partial charge < -0.3 is 14.0 Å². The Morgan fingerprint density at radius 2 is 1.95 bits per heavy atom. The zero-order valence-corrected chi connectivity index (χ0v) is 11.5. The van der Waals surface area contributed by atoms with Crippen LogP contribution in [0.2, 0.25) is 0 Å². The lowest BCUT2D eigenvalue weighted by molar-refractivity contribution is 0.355. The number of aromatic nitrogens is 2. The van der Waals surface area contributed by atoms with Crippen LogP contribution in [0.15, 0.2) is 22.7 Å². The standard InChI is InChI=1S/C15H16N2O3/c1-18-12-7-3-10(9-13(12)19-2)4-8-14-16-15(17-20-14)11-5-6-11/h3-4,7-9,11H,5-6H2,1-2H3/b8-4+. The van der Waals surface area contributed by atoms with E-state index in [0.29, 0.717) is 23.3 Å². The molecular formula is C15H16N2O3. The minimum Gasteiger partial charge on any atom is -0.493 e. The molecule has 0 unspecified atom stereocenters. The molecule has 0 aliphatic heterocycles. The summed E-state index contributed by atoms with van der Waals surface area (Å²) in [5.74, 6) is 3.25. The number of hydrogen-bond donors (Lipinski definition) is 0. The zero-order chi connectivity index (χ0) is 13.9. The predicted octanol–water partition coefficient (Wildman–Crippen LogP) is 3.13. The first kappa shape index (κ1) is 12.7. The third-order valence-electron chi connectivity index (χ3n) is 3.23. The van der Waals surface area contributed by atoms with Crippen molar-refractivity contribution in [2.75, 3.05) is 14.2 Å². The van der Waals surface area contributed by atoms with Crippen LogP contribution in [-0.2, 0) is 0 Å². The van der Waals surface area contributed by atoms with E-state index in [-0.39, 0.29) is 0 Å². The predicted molar refractivity (Wildman–Crippen MR) is 74.7 cm³/mol. The molecular weight excluding hydrogens is 256 g/mol. The van der Waals surface area contributed by atoms with E-state index < -0.39 is 0 Å². The smallest absolute Gasteiger partial charge is 0.250 e. The lowest BCUT2D eigenvalue weighted by Gasteiger charge is -2.07. The molecule has 104 valence electrons. The van der Waals surface area contributed by atoms with Gasteiger partial charge in [-0.1, -0.05) is 11.2 Å². The molecule has 1 aromatic carbocycles. The van der Waals surface area contributed by atoms with Crippen LogP contribution in [0.25, 0.3) is 12.2 Å². The Bertz CT molecular complexity index is 630. The van der Waals surface area contributed by atoms with Crippen molar-refractivity contribution in [2.24, 2.45) is 0 Å². The SMILES string of the molecule is COc1ccc(/C=C/c2nc(C3CC3)no2)cc1OC. The van der Waals surface area contributed by atoms with Crippen molar-refractivity contribution in [2.45, 2.75) is 18.8 Å². The van der Waals surface area contributed by atoms with Gasteiger partial charge >= 0.3 is 0 Å². The van der Waals surface area contributed by atoms with E-state index >= 15 is 0 Å². The monoisotopic (exact) mass is 272 g/mol. The second kappa shape index (κ2) is 5.36. The fourth-order valence-corrected chi connectivity index (χ4v) is 1.95. The van der Waals surface area contributed by atoms with Crippen molar-refractivity contribution in [3.05, 3.63) is 35.5 Å². The minimum atomic E-state index is 0.502. The summed E-state index contributed by atoms with van der Waals surface area (Å²) in [6, 6.07) is 5.70. The maximum absolute atomic E-state index is 5.26. The number of hydrogen-bond acceptors (Lipinski definition) is 5. The van der Waals surface area contributed by atoms with E-state index in [9.17, 15) is 0 Å². The maximum Gasteiger partial charge on any atom is 0.250 e. The highest BCUT2D eigenvalue weighted by molar-refractivity contribution is 5.67. The largest absolute Gasteiger partial charge is 0.493 e. The van der Waals surface area contributed by atoms with Crippen LogP contribution in [0.4, 0.5) is 0 Å². The topological polar surface area (TPSA) is 57.4 Å². The number of methoxy groups -OCH3 is 2. The van der Waals surface area contributed by atoms with Gasteiger partial charge in [0.2, 0.25) is 0 Å². The fourth-order valence-electron chi connectivity index (χ4n) is 1.95. The molecule has 0 atom stereocenters. The van der Waals surface area contributed by atoms with Gasteiger partial charge in [0.25, 0.3) is 5.89 Å². The van der Waals surface area contributed by atoms with Crippen LogP contribution in [-0.4, -0.2) is 24.4 Å². The lowest BCUT2D eigenvalue weighted by Crippen LogP contribution is -1.90. The van der Waals surface area contributed by atoms with Gasteiger partial charge in [-0.25, -0.2) is 0 Å². The molecule has 0 radical (unpaired) electrons. The highest BCUT2D eigenvalue weighted by Crippen LogP contribution is 2.38. The molecule has 1 heterocycles. The average molecular weight is 272 g/mol. The summed E-state index contributed by atoms with van der Waals surface area (Å²) >= 11 is 0. The average Bonchev–Trinajstić information content (AvgIpc) is 3.23. The highest BCUT2D eigenvalue weighted by Gasteiger charge is 2.28. The van der Waals surface area contributed by atoms with E-state index in [1.165, 1.54) is 12.8 Å². The van der Waals surface area contributed by atoms with Gasteiger partial charge in [0.15, 0.2) is 17.3 Å². The van der Waals surface area contributed by atoms with Crippen molar-refractivity contribution >= 4 is 12.2 Å². The van der Waals surface area contributed by atoms with Crippen molar-refractivity contribution in [3.63, 3.8) is 0 Å². The number of ether oxygens (including phenoxy) is 2. The van der Waals surface area contributed by atoms with Crippen molar-refractivity contribution < 1.29 is 14.0 Å². The number of benzene rings is 1. The summed E-state index contributed by atoms with van der Waals surface area (Å²) in [5.41, 5.74) is 0.980. The molecule has 1 saturated carbocycles. The Labute approximate surface area is 117 Å². The fraction of sp³-hybridized carbons (Fsp3) is 0.333. The number of nitrogens with zero attached hydrogens (tertiary/aromatic N) is 2. The van der Waals surface area contributed by atoms with Crippen LogP contribution in [0.5, 0.6) is 11.5 Å². The van der Waals surface area contributed by atoms with E-state index in [4.69, 9.17) is 14.0 Å². The summed E-state index contributed by atoms with van der Waals surface area (Å²) in [7, 11) is 3.23. The van der Waals surface area contributed by atoms with E-state index in [0.717, 1.165) is 11.4 Å². The van der Waals surface area contributed by atoms with Gasteiger partial charge in [0.05, 0.1) is 14.2 Å². The summed E-state index contributed by atoms with van der Waals surface area (Å²) in [6.07, 6.45) is 6.04. The third-order valence-corrected chi connectivity index (χ3v) is 3.23. The number of rotatable bonds is 5. The molecule has 3 rings (SSSR count). The normalized spacial score (nSPS) is 14.7. The van der Waals surface area contributed by atoms with E-state index in [1.807, 2.05) is 24.3 Å². The lowest BCUT2D eigenvalue weighted by atomic mass is 10.2. The van der Waals surface area contributed by atoms with Crippen molar-refractivity contribution in [1.29, 1.82) is 0 Å². The molecule has 0 amide bonds. The first-order chi connectivity index (χ1) is 9.80. The Morgan fingerprint density at radius 1 is 1.15 bits per heavy atom. The second-order valence-corrected chi connectivity index (χ2v) is 4.71. The minimum absolute atomic E-state index is 0.502. The molecule has 2 aromatic rings. The van der Waals surface area contributed by atoms with Gasteiger partial charge in [-0.3, -0.25) is 0 Å². The zero-order valence-electron chi connectivity index (χ0n) is 11.5. The molecule has 1 aliphatic rings. The molecule has 0 N–H and O–H groups in total. The molecule has 0 bridgehead atoms. The first-order valence-electron chi connectivity index (χ1n) is 6.54. The molecule has 1 aliphatic carbocycles. The van der Waals surface area contributed by atoms with Crippen LogP contribution in [0, 0.1) is 0 Å². The molecule has 1 fully saturated rings. The second-order valence-electron chi connectivity index (χ2n) is 4.71. The van der Waals surface area contributed by atoms with Crippen LogP contribution < -0.4 is 9.47 Å². The van der Waals surface area contributed by atoms with Crippen LogP contribution in [0.1, 0.15) is 36.0 Å². The summed E-state index contributed by atoms with van der Waals surface area (Å²) in [5, 5.41) is 3.97. The maximum atomic E-state index is 5.26. The molecule has 5 nitrogen and oxygen atoms in total. The van der Waals surface area contributed by atoms with Crippen LogP contribution >= 0.6 is 0 Å². The van der Waals surface area contributed by atoms with Gasteiger partial charge in [-0.15, -0.1) is 0 Å². The van der Waals surface area contributed by atoms with Gasteiger partial charge in [-0.05, 0) is 36.6 Å². The Kier molecular flexibility index (Phi) is 3.41. The summed E-state index contributed by atoms with van der Waals surface area (Å²) < 4.78 is 15.6. The molecule has 0 spiro atoms. The Balaban J connectivity index is 1.76.